The molecule has 4 nitrogen and oxygen atoms in total. The molecule has 1 amide bonds. The van der Waals surface area contributed by atoms with Crippen LogP contribution in [0.2, 0.25) is 0 Å². The number of rotatable bonds is 7. The van der Waals surface area contributed by atoms with Gasteiger partial charge in [0.2, 0.25) is 0 Å². The molecule has 0 aliphatic rings. The van der Waals surface area contributed by atoms with Crippen LogP contribution in [-0.2, 0) is 11.2 Å². The minimum atomic E-state index is -0.198. The Hall–Kier alpha value is -2.49. The average Bonchev–Trinajstić information content (AvgIpc) is 2.55. The standard InChI is InChI=1S/C19H23NO3/c1-4-5-15-7-9-16(10-8-15)20-19(21)13-23-17-11-6-14(2)12-18(17)22-3/h6-12H,4-5,13H2,1-3H3,(H,20,21). The number of hydrogen-bond acceptors (Lipinski definition) is 3. The van der Waals surface area contributed by atoms with Crippen LogP contribution in [0.4, 0.5) is 5.69 Å². The summed E-state index contributed by atoms with van der Waals surface area (Å²) < 4.78 is 10.8. The predicted molar refractivity (Wildman–Crippen MR) is 92.3 cm³/mol. The molecule has 0 atom stereocenters. The normalized spacial score (nSPS) is 10.2. The van der Waals surface area contributed by atoms with Gasteiger partial charge in [0.15, 0.2) is 18.1 Å². The molecule has 0 aliphatic carbocycles. The lowest BCUT2D eigenvalue weighted by atomic mass is 10.1. The number of anilines is 1. The van der Waals surface area contributed by atoms with Gasteiger partial charge in [0, 0.05) is 5.69 Å². The maximum Gasteiger partial charge on any atom is 0.262 e. The lowest BCUT2D eigenvalue weighted by molar-refractivity contribution is -0.118. The van der Waals surface area contributed by atoms with Crippen LogP contribution in [0, 0.1) is 6.92 Å². The maximum absolute atomic E-state index is 12.0. The van der Waals surface area contributed by atoms with E-state index in [4.69, 9.17) is 9.47 Å². The van der Waals surface area contributed by atoms with Gasteiger partial charge in [-0.25, -0.2) is 0 Å². The molecule has 0 saturated carbocycles. The van der Waals surface area contributed by atoms with Crippen molar-refractivity contribution >= 4 is 11.6 Å². The molecule has 0 heterocycles. The Labute approximate surface area is 137 Å². The van der Waals surface area contributed by atoms with Crippen molar-refractivity contribution in [2.75, 3.05) is 19.0 Å². The Morgan fingerprint density at radius 1 is 1.09 bits per heavy atom. The average molecular weight is 313 g/mol. The third-order valence-corrected chi connectivity index (χ3v) is 3.45. The Bertz CT molecular complexity index is 650. The first-order valence-electron chi connectivity index (χ1n) is 7.78. The zero-order valence-corrected chi connectivity index (χ0v) is 13.9. The lowest BCUT2D eigenvalue weighted by Gasteiger charge is -2.11. The fourth-order valence-corrected chi connectivity index (χ4v) is 2.28. The highest BCUT2D eigenvalue weighted by Crippen LogP contribution is 2.27. The quantitative estimate of drug-likeness (QED) is 0.841. The summed E-state index contributed by atoms with van der Waals surface area (Å²) in [6, 6.07) is 13.5. The van der Waals surface area contributed by atoms with E-state index >= 15 is 0 Å². The van der Waals surface area contributed by atoms with Gasteiger partial charge >= 0.3 is 0 Å². The predicted octanol–water partition coefficient (Wildman–Crippen LogP) is 3.97. The Morgan fingerprint density at radius 3 is 2.48 bits per heavy atom. The number of ether oxygens (including phenoxy) is 2. The van der Waals surface area contributed by atoms with Crippen molar-refractivity contribution < 1.29 is 14.3 Å². The van der Waals surface area contributed by atoms with E-state index in [1.54, 1.807) is 13.2 Å². The highest BCUT2D eigenvalue weighted by Gasteiger charge is 2.08. The lowest BCUT2D eigenvalue weighted by Crippen LogP contribution is -2.20. The molecular weight excluding hydrogens is 290 g/mol. The van der Waals surface area contributed by atoms with E-state index in [0.717, 1.165) is 24.1 Å². The summed E-state index contributed by atoms with van der Waals surface area (Å²) in [6.45, 7) is 4.06. The second kappa shape index (κ2) is 8.22. The van der Waals surface area contributed by atoms with Crippen LogP contribution < -0.4 is 14.8 Å². The van der Waals surface area contributed by atoms with Crippen molar-refractivity contribution in [3.8, 4) is 11.5 Å². The van der Waals surface area contributed by atoms with E-state index in [1.807, 2.05) is 43.3 Å². The van der Waals surface area contributed by atoms with E-state index in [9.17, 15) is 4.79 Å². The van der Waals surface area contributed by atoms with Gasteiger partial charge in [0.05, 0.1) is 7.11 Å². The van der Waals surface area contributed by atoms with Gasteiger partial charge in [-0.05, 0) is 48.7 Å². The zero-order valence-electron chi connectivity index (χ0n) is 13.9. The van der Waals surface area contributed by atoms with Crippen LogP contribution in [-0.4, -0.2) is 19.6 Å². The first kappa shape index (κ1) is 16.9. The molecule has 23 heavy (non-hydrogen) atoms. The zero-order chi connectivity index (χ0) is 16.7. The van der Waals surface area contributed by atoms with Crippen molar-refractivity contribution in [3.63, 3.8) is 0 Å². The highest BCUT2D eigenvalue weighted by molar-refractivity contribution is 5.91. The Balaban J connectivity index is 1.90. The van der Waals surface area contributed by atoms with Crippen molar-refractivity contribution in [3.05, 3.63) is 53.6 Å². The molecule has 4 heteroatoms. The molecule has 2 rings (SSSR count). The minimum Gasteiger partial charge on any atom is -0.493 e. The SMILES string of the molecule is CCCc1ccc(NC(=O)COc2ccc(C)cc2OC)cc1. The highest BCUT2D eigenvalue weighted by atomic mass is 16.5. The van der Waals surface area contributed by atoms with Gasteiger partial charge in [-0.1, -0.05) is 31.5 Å². The molecule has 0 saturated heterocycles. The van der Waals surface area contributed by atoms with Gasteiger partial charge in [-0.2, -0.15) is 0 Å². The van der Waals surface area contributed by atoms with E-state index in [1.165, 1.54) is 5.56 Å². The molecule has 0 aliphatic heterocycles. The number of amides is 1. The summed E-state index contributed by atoms with van der Waals surface area (Å²) in [5.74, 6) is 0.990. The van der Waals surface area contributed by atoms with Gasteiger partial charge in [0.25, 0.3) is 5.91 Å². The van der Waals surface area contributed by atoms with E-state index < -0.39 is 0 Å². The van der Waals surface area contributed by atoms with Crippen LogP contribution in [0.25, 0.3) is 0 Å². The van der Waals surface area contributed by atoms with Crippen molar-refractivity contribution in [1.29, 1.82) is 0 Å². The first-order valence-corrected chi connectivity index (χ1v) is 7.78. The molecule has 0 bridgehead atoms. The Kier molecular flexibility index (Phi) is 6.03. The fourth-order valence-electron chi connectivity index (χ4n) is 2.28. The third-order valence-electron chi connectivity index (χ3n) is 3.45. The van der Waals surface area contributed by atoms with Gasteiger partial charge in [-0.3, -0.25) is 4.79 Å². The first-order chi connectivity index (χ1) is 11.1. The molecule has 0 radical (unpaired) electrons. The topological polar surface area (TPSA) is 47.6 Å². The number of benzene rings is 2. The van der Waals surface area contributed by atoms with Gasteiger partial charge in [0.1, 0.15) is 0 Å². The summed E-state index contributed by atoms with van der Waals surface area (Å²) in [5, 5.41) is 2.83. The van der Waals surface area contributed by atoms with Crippen LogP contribution in [0.3, 0.4) is 0 Å². The van der Waals surface area contributed by atoms with Crippen LogP contribution in [0.15, 0.2) is 42.5 Å². The molecule has 2 aromatic rings. The summed E-state index contributed by atoms with van der Waals surface area (Å²) in [5.41, 5.74) is 3.12. The smallest absolute Gasteiger partial charge is 0.262 e. The van der Waals surface area contributed by atoms with Crippen LogP contribution in [0.5, 0.6) is 11.5 Å². The largest absolute Gasteiger partial charge is 0.493 e. The van der Waals surface area contributed by atoms with Gasteiger partial charge in [-0.15, -0.1) is 0 Å². The number of carbonyl (C=O) groups excluding carboxylic acids is 1. The summed E-state index contributed by atoms with van der Waals surface area (Å²) >= 11 is 0. The minimum absolute atomic E-state index is 0.0594. The summed E-state index contributed by atoms with van der Waals surface area (Å²) in [4.78, 5) is 12.0. The number of hydrogen-bond donors (Lipinski definition) is 1. The monoisotopic (exact) mass is 313 g/mol. The number of methoxy groups -OCH3 is 1. The van der Waals surface area contributed by atoms with E-state index in [0.29, 0.717) is 11.5 Å². The molecule has 1 N–H and O–H groups in total. The van der Waals surface area contributed by atoms with Crippen molar-refractivity contribution in [1.82, 2.24) is 0 Å². The molecule has 122 valence electrons. The second-order valence-corrected chi connectivity index (χ2v) is 5.44. The van der Waals surface area contributed by atoms with E-state index in [-0.39, 0.29) is 12.5 Å². The molecule has 0 aromatic heterocycles. The second-order valence-electron chi connectivity index (χ2n) is 5.44. The fraction of sp³-hybridized carbons (Fsp3) is 0.316. The molecular formula is C19H23NO3. The molecule has 2 aromatic carbocycles. The number of carbonyl (C=O) groups is 1. The number of aryl methyl sites for hydroxylation is 2. The third kappa shape index (κ3) is 5.02. The number of nitrogens with one attached hydrogen (secondary N) is 1. The molecule has 0 fully saturated rings. The van der Waals surface area contributed by atoms with Crippen LogP contribution in [0.1, 0.15) is 24.5 Å². The molecule has 0 unspecified atom stereocenters. The van der Waals surface area contributed by atoms with Crippen LogP contribution >= 0.6 is 0 Å². The Morgan fingerprint density at radius 2 is 1.83 bits per heavy atom. The molecule has 0 spiro atoms. The summed E-state index contributed by atoms with van der Waals surface area (Å²) in [6.07, 6.45) is 2.16. The van der Waals surface area contributed by atoms with Crippen molar-refractivity contribution in [2.24, 2.45) is 0 Å². The summed E-state index contributed by atoms with van der Waals surface area (Å²) in [7, 11) is 1.58. The van der Waals surface area contributed by atoms with E-state index in [2.05, 4.69) is 12.2 Å². The van der Waals surface area contributed by atoms with Gasteiger partial charge < -0.3 is 14.8 Å². The van der Waals surface area contributed by atoms with Crippen molar-refractivity contribution in [2.45, 2.75) is 26.7 Å². The maximum atomic E-state index is 12.0.